The Kier molecular flexibility index (Phi) is 0.647. The van der Waals surface area contributed by atoms with Crippen LogP contribution in [-0.4, -0.2) is 0 Å². The highest BCUT2D eigenvalue weighted by atomic mass is 79.9. The molecular weight excluding hydrogens is 183 g/mol. The fraction of sp³-hybridized carbons (Fsp3) is 0.143. The first-order valence-corrected chi connectivity index (χ1v) is 2.92. The van der Waals surface area contributed by atoms with Crippen LogP contribution in [0, 0.1) is 12.7 Å². The standard InChI is InChI=1S/C7H6BrF/c1-5-3-2-4-6(8)7(5)9/h2-4H,1H3/i1D3,2D,3D,4D. The van der Waals surface area contributed by atoms with Crippen LogP contribution in [0.2, 0.25) is 0 Å². The number of benzene rings is 1. The molecule has 0 saturated heterocycles. The van der Waals surface area contributed by atoms with Crippen LogP contribution in [0.4, 0.5) is 4.39 Å². The summed E-state index contributed by atoms with van der Waals surface area (Å²) in [6.45, 7) is -2.80. The molecule has 0 amide bonds. The molecule has 0 heterocycles. The SMILES string of the molecule is [2H]c1c([2H])c(Br)c(F)c(C([2H])([2H])[2H])c1[2H]. The number of halogens is 2. The van der Waals surface area contributed by atoms with Gasteiger partial charge in [-0.1, -0.05) is 12.1 Å². The van der Waals surface area contributed by atoms with Crippen molar-refractivity contribution in [1.29, 1.82) is 0 Å². The van der Waals surface area contributed by atoms with E-state index in [4.69, 9.17) is 8.22 Å². The lowest BCUT2D eigenvalue weighted by Crippen LogP contribution is -1.80. The van der Waals surface area contributed by atoms with Crippen LogP contribution in [0.3, 0.4) is 0 Å². The van der Waals surface area contributed by atoms with Crippen LogP contribution in [0.1, 0.15) is 13.8 Å². The summed E-state index contributed by atoms with van der Waals surface area (Å²) < 4.78 is 56.0. The van der Waals surface area contributed by atoms with Crippen molar-refractivity contribution in [2.45, 2.75) is 6.85 Å². The van der Waals surface area contributed by atoms with E-state index < -0.39 is 40.8 Å². The highest BCUT2D eigenvalue weighted by molar-refractivity contribution is 9.10. The fourth-order valence-corrected chi connectivity index (χ4v) is 0.665. The number of hydrogen-bond donors (Lipinski definition) is 0. The van der Waals surface area contributed by atoms with Crippen LogP contribution in [0.15, 0.2) is 22.6 Å². The van der Waals surface area contributed by atoms with Gasteiger partial charge < -0.3 is 0 Å². The predicted octanol–water partition coefficient (Wildman–Crippen LogP) is 2.90. The molecule has 0 aliphatic carbocycles. The monoisotopic (exact) mass is 194 g/mol. The quantitative estimate of drug-likeness (QED) is 0.597. The summed E-state index contributed by atoms with van der Waals surface area (Å²) in [5.74, 6) is -1.17. The van der Waals surface area contributed by atoms with Gasteiger partial charge in [0.15, 0.2) is 0 Å². The van der Waals surface area contributed by atoms with E-state index in [0.29, 0.717) is 0 Å². The molecule has 0 bridgehead atoms. The summed E-state index contributed by atoms with van der Waals surface area (Å²) in [4.78, 5) is 0. The molecule has 0 spiro atoms. The van der Waals surface area contributed by atoms with E-state index >= 15 is 0 Å². The van der Waals surface area contributed by atoms with Crippen molar-refractivity contribution in [3.8, 4) is 0 Å². The Balaban J connectivity index is 3.68. The molecule has 0 atom stereocenters. The third-order valence-corrected chi connectivity index (χ3v) is 1.32. The Morgan fingerprint density at radius 3 is 3.22 bits per heavy atom. The zero-order chi connectivity index (χ0) is 12.0. The second-order valence-electron chi connectivity index (χ2n) is 1.38. The van der Waals surface area contributed by atoms with Gasteiger partial charge in [-0.05, 0) is 34.4 Å². The van der Waals surface area contributed by atoms with Gasteiger partial charge >= 0.3 is 0 Å². The molecule has 0 aliphatic heterocycles. The van der Waals surface area contributed by atoms with Crippen molar-refractivity contribution < 1.29 is 12.6 Å². The Morgan fingerprint density at radius 1 is 1.78 bits per heavy atom. The second kappa shape index (κ2) is 2.48. The zero-order valence-electron chi connectivity index (χ0n) is 10.3. The lowest BCUT2D eigenvalue weighted by molar-refractivity contribution is 0.612. The minimum Gasteiger partial charge on any atom is -0.205 e. The van der Waals surface area contributed by atoms with Gasteiger partial charge in [0, 0.05) is 4.11 Å². The first kappa shape index (κ1) is 2.35. The molecule has 2 heteroatoms. The summed E-state index contributed by atoms with van der Waals surface area (Å²) in [6, 6.07) is -1.89. The molecule has 1 aromatic rings. The van der Waals surface area contributed by atoms with Crippen LogP contribution >= 0.6 is 15.9 Å². The molecule has 0 fully saturated rings. The maximum atomic E-state index is 13.5. The van der Waals surface area contributed by atoms with Gasteiger partial charge in [0.2, 0.25) is 0 Å². The lowest BCUT2D eigenvalue weighted by atomic mass is 10.2. The fourth-order valence-electron chi connectivity index (χ4n) is 0.368. The maximum Gasteiger partial charge on any atom is 0.140 e. The first-order chi connectivity index (χ1) is 6.68. The number of rotatable bonds is 0. The molecule has 0 aromatic heterocycles. The molecule has 1 rings (SSSR count). The largest absolute Gasteiger partial charge is 0.205 e. The van der Waals surface area contributed by atoms with Crippen LogP contribution in [0.25, 0.3) is 0 Å². The summed E-state index contributed by atoms with van der Waals surface area (Å²) >= 11 is 2.69. The van der Waals surface area contributed by atoms with Gasteiger partial charge in [0.1, 0.15) is 5.82 Å². The van der Waals surface area contributed by atoms with Gasteiger partial charge in [-0.2, -0.15) is 0 Å². The molecule has 9 heavy (non-hydrogen) atoms. The van der Waals surface area contributed by atoms with Crippen molar-refractivity contribution in [1.82, 2.24) is 0 Å². The summed E-state index contributed by atoms with van der Waals surface area (Å²) in [7, 11) is 0. The van der Waals surface area contributed by atoms with E-state index in [-0.39, 0.29) is 0 Å². The zero-order valence-corrected chi connectivity index (χ0v) is 5.84. The molecule has 0 unspecified atom stereocenters. The van der Waals surface area contributed by atoms with Crippen LogP contribution in [-0.2, 0) is 0 Å². The van der Waals surface area contributed by atoms with Crippen molar-refractivity contribution >= 4 is 15.9 Å². The normalized spacial score (nSPS) is 20.7. The Labute approximate surface area is 70.3 Å². The second-order valence-corrected chi connectivity index (χ2v) is 2.17. The van der Waals surface area contributed by atoms with Crippen LogP contribution < -0.4 is 0 Å². The van der Waals surface area contributed by atoms with Crippen LogP contribution in [0.5, 0.6) is 0 Å². The predicted molar refractivity (Wildman–Crippen MR) is 38.8 cm³/mol. The van der Waals surface area contributed by atoms with Gasteiger partial charge in [0.25, 0.3) is 0 Å². The van der Waals surface area contributed by atoms with Gasteiger partial charge in [-0.3, -0.25) is 0 Å². The molecule has 48 valence electrons. The van der Waals surface area contributed by atoms with E-state index in [9.17, 15) is 4.39 Å². The van der Waals surface area contributed by atoms with Gasteiger partial charge in [0.05, 0.1) is 8.58 Å². The molecular formula is C7H6BrF. The molecule has 0 radical (unpaired) electrons. The topological polar surface area (TPSA) is 0 Å². The highest BCUT2D eigenvalue weighted by Gasteiger charge is 1.98. The summed E-state index contributed by atoms with van der Waals surface area (Å²) in [5, 5.41) is 0. The Morgan fingerprint density at radius 2 is 2.56 bits per heavy atom. The van der Waals surface area contributed by atoms with E-state index in [1.54, 1.807) is 0 Å². The molecule has 0 aliphatic rings. The average molecular weight is 195 g/mol. The van der Waals surface area contributed by atoms with Crippen molar-refractivity contribution in [3.63, 3.8) is 0 Å². The minimum absolute atomic E-state index is 0.394. The van der Waals surface area contributed by atoms with Crippen molar-refractivity contribution in [2.75, 3.05) is 0 Å². The Hall–Kier alpha value is -0.370. The molecule has 1 aromatic carbocycles. The average Bonchev–Trinajstić information content (AvgIpc) is 2.09. The first-order valence-electron chi connectivity index (χ1n) is 5.13. The molecule has 0 saturated carbocycles. The summed E-state index contributed by atoms with van der Waals surface area (Å²) in [6.07, 6.45) is 0. The third kappa shape index (κ3) is 1.30. The van der Waals surface area contributed by atoms with E-state index in [1.165, 1.54) is 0 Å². The van der Waals surface area contributed by atoms with Crippen molar-refractivity contribution in [2.24, 2.45) is 0 Å². The van der Waals surface area contributed by atoms with Gasteiger partial charge in [-0.15, -0.1) is 0 Å². The van der Waals surface area contributed by atoms with E-state index in [2.05, 4.69) is 15.9 Å². The lowest BCUT2D eigenvalue weighted by Gasteiger charge is -1.95. The minimum atomic E-state index is -2.80. The van der Waals surface area contributed by atoms with Crippen molar-refractivity contribution in [3.05, 3.63) is 34.0 Å². The molecule has 0 nitrogen and oxygen atoms in total. The van der Waals surface area contributed by atoms with Gasteiger partial charge in [-0.25, -0.2) is 4.39 Å². The van der Waals surface area contributed by atoms with E-state index in [1.807, 2.05) is 0 Å². The number of hydrogen-bond acceptors (Lipinski definition) is 0. The third-order valence-electron chi connectivity index (χ3n) is 0.772. The Bertz CT molecular complexity index is 384. The highest BCUT2D eigenvalue weighted by Crippen LogP contribution is 2.16. The van der Waals surface area contributed by atoms with E-state index in [0.717, 1.165) is 0 Å². The maximum absolute atomic E-state index is 13.5. The summed E-state index contributed by atoms with van der Waals surface area (Å²) in [5.41, 5.74) is -0.824. The molecule has 0 N–H and O–H groups in total. The smallest absolute Gasteiger partial charge is 0.140 e.